The highest BCUT2D eigenvalue weighted by molar-refractivity contribution is 4.75. The van der Waals surface area contributed by atoms with Gasteiger partial charge in [0, 0.05) is 7.11 Å². The molecule has 0 bridgehead atoms. The summed E-state index contributed by atoms with van der Waals surface area (Å²) >= 11 is 0. The molecule has 0 aromatic carbocycles. The van der Waals surface area contributed by atoms with Crippen molar-refractivity contribution in [2.45, 2.75) is 19.0 Å². The first-order valence-electron chi connectivity index (χ1n) is 2.92. The minimum absolute atomic E-state index is 0.153. The van der Waals surface area contributed by atoms with Gasteiger partial charge in [-0.15, -0.1) is 0 Å². The Hall–Kier alpha value is -0.180. The first-order chi connectivity index (χ1) is 4.18. The van der Waals surface area contributed by atoms with Crippen LogP contribution in [-0.4, -0.2) is 26.1 Å². The van der Waals surface area contributed by atoms with Gasteiger partial charge < -0.3 is 4.74 Å². The predicted molar refractivity (Wildman–Crippen MR) is 32.0 cm³/mol. The van der Waals surface area contributed by atoms with Crippen molar-refractivity contribution in [1.29, 1.82) is 0 Å². The lowest BCUT2D eigenvalue weighted by atomic mass is 10.1. The number of halogens is 2. The van der Waals surface area contributed by atoms with Crippen LogP contribution in [-0.2, 0) is 4.74 Å². The molecule has 3 heteroatoms. The Bertz CT molecular complexity index is 71.5. The molecule has 0 aromatic heterocycles. The van der Waals surface area contributed by atoms with Gasteiger partial charge in [-0.25, -0.2) is 8.78 Å². The average molecular weight is 138 g/mol. The van der Waals surface area contributed by atoms with E-state index in [4.69, 9.17) is 0 Å². The third kappa shape index (κ3) is 2.75. The molecular formula is C6H12F2O. The SMILES string of the molecule is CCC(F)(CF)COC. The lowest BCUT2D eigenvalue weighted by Gasteiger charge is -2.17. The highest BCUT2D eigenvalue weighted by Gasteiger charge is 2.26. The van der Waals surface area contributed by atoms with Gasteiger partial charge in [0.1, 0.15) is 6.67 Å². The fourth-order valence-corrected chi connectivity index (χ4v) is 0.494. The zero-order chi connectivity index (χ0) is 7.33. The largest absolute Gasteiger partial charge is 0.381 e. The summed E-state index contributed by atoms with van der Waals surface area (Å²) in [7, 11) is 1.36. The molecular weight excluding hydrogens is 126 g/mol. The standard InChI is InChI=1S/C6H12F2O/c1-3-6(8,4-7)5-9-2/h3-5H2,1-2H3. The molecule has 0 heterocycles. The van der Waals surface area contributed by atoms with Crippen LogP contribution in [0.25, 0.3) is 0 Å². The maximum atomic E-state index is 12.8. The van der Waals surface area contributed by atoms with E-state index in [9.17, 15) is 8.78 Å². The van der Waals surface area contributed by atoms with Gasteiger partial charge in [0.25, 0.3) is 0 Å². The Labute approximate surface area is 54.0 Å². The lowest BCUT2D eigenvalue weighted by molar-refractivity contribution is 0.0192. The minimum atomic E-state index is -1.76. The molecule has 1 atom stereocenters. The molecule has 0 spiro atoms. The van der Waals surface area contributed by atoms with Crippen LogP contribution in [0.5, 0.6) is 0 Å². The van der Waals surface area contributed by atoms with Crippen molar-refractivity contribution in [3.8, 4) is 0 Å². The van der Waals surface area contributed by atoms with Crippen molar-refractivity contribution in [2.75, 3.05) is 20.4 Å². The average Bonchev–Trinajstić information content (AvgIpc) is 1.89. The van der Waals surface area contributed by atoms with E-state index in [2.05, 4.69) is 4.74 Å². The summed E-state index contributed by atoms with van der Waals surface area (Å²) in [6.07, 6.45) is 0.164. The summed E-state index contributed by atoms with van der Waals surface area (Å²) in [6.45, 7) is 0.482. The Morgan fingerprint density at radius 3 is 2.22 bits per heavy atom. The Morgan fingerprint density at radius 1 is 1.56 bits per heavy atom. The van der Waals surface area contributed by atoms with Gasteiger partial charge in [-0.2, -0.15) is 0 Å². The van der Waals surface area contributed by atoms with Gasteiger partial charge in [-0.1, -0.05) is 6.92 Å². The summed E-state index contributed by atoms with van der Waals surface area (Å²) in [4.78, 5) is 0. The molecule has 0 saturated carbocycles. The Kier molecular flexibility index (Phi) is 3.70. The second-order valence-electron chi connectivity index (χ2n) is 2.07. The number of ether oxygens (including phenoxy) is 1. The van der Waals surface area contributed by atoms with E-state index < -0.39 is 12.3 Å². The lowest BCUT2D eigenvalue weighted by Crippen LogP contribution is -2.30. The van der Waals surface area contributed by atoms with E-state index in [1.54, 1.807) is 6.92 Å². The van der Waals surface area contributed by atoms with Crippen molar-refractivity contribution < 1.29 is 13.5 Å². The van der Waals surface area contributed by atoms with E-state index in [0.717, 1.165) is 0 Å². The molecule has 0 radical (unpaired) electrons. The maximum Gasteiger partial charge on any atom is 0.162 e. The summed E-state index contributed by atoms with van der Waals surface area (Å²) in [5.74, 6) is 0. The molecule has 0 N–H and O–H groups in total. The first kappa shape index (κ1) is 8.82. The number of alkyl halides is 2. The van der Waals surface area contributed by atoms with E-state index in [1.807, 2.05) is 0 Å². The van der Waals surface area contributed by atoms with Gasteiger partial charge in [0.15, 0.2) is 5.67 Å². The third-order valence-corrected chi connectivity index (χ3v) is 1.28. The van der Waals surface area contributed by atoms with Gasteiger partial charge in [-0.3, -0.25) is 0 Å². The van der Waals surface area contributed by atoms with Gasteiger partial charge in [0.05, 0.1) is 6.61 Å². The van der Waals surface area contributed by atoms with E-state index in [-0.39, 0.29) is 13.0 Å². The van der Waals surface area contributed by atoms with Crippen LogP contribution in [0.15, 0.2) is 0 Å². The van der Waals surface area contributed by atoms with Crippen LogP contribution in [0, 0.1) is 0 Å². The summed E-state index contributed by atoms with van der Waals surface area (Å²) in [6, 6.07) is 0. The van der Waals surface area contributed by atoms with Crippen LogP contribution in [0.1, 0.15) is 13.3 Å². The van der Waals surface area contributed by atoms with Crippen molar-refractivity contribution in [3.63, 3.8) is 0 Å². The highest BCUT2D eigenvalue weighted by Crippen LogP contribution is 2.16. The first-order valence-corrected chi connectivity index (χ1v) is 2.92. The molecule has 1 nitrogen and oxygen atoms in total. The van der Waals surface area contributed by atoms with E-state index >= 15 is 0 Å². The number of methoxy groups -OCH3 is 1. The van der Waals surface area contributed by atoms with Crippen molar-refractivity contribution >= 4 is 0 Å². The van der Waals surface area contributed by atoms with Crippen LogP contribution in [0.3, 0.4) is 0 Å². The monoisotopic (exact) mass is 138 g/mol. The molecule has 0 amide bonds. The fourth-order valence-electron chi connectivity index (χ4n) is 0.494. The molecule has 9 heavy (non-hydrogen) atoms. The molecule has 0 fully saturated rings. The third-order valence-electron chi connectivity index (χ3n) is 1.28. The van der Waals surface area contributed by atoms with Gasteiger partial charge in [-0.05, 0) is 6.42 Å². The number of rotatable bonds is 4. The minimum Gasteiger partial charge on any atom is -0.381 e. The molecule has 56 valence electrons. The second-order valence-corrected chi connectivity index (χ2v) is 2.07. The van der Waals surface area contributed by atoms with Crippen LogP contribution < -0.4 is 0 Å². The topological polar surface area (TPSA) is 9.23 Å². The Morgan fingerprint density at radius 2 is 2.11 bits per heavy atom. The zero-order valence-corrected chi connectivity index (χ0v) is 5.79. The van der Waals surface area contributed by atoms with E-state index in [1.165, 1.54) is 7.11 Å². The number of hydrogen-bond donors (Lipinski definition) is 0. The zero-order valence-electron chi connectivity index (χ0n) is 5.79. The molecule has 0 saturated heterocycles. The van der Waals surface area contributed by atoms with Gasteiger partial charge in [0.2, 0.25) is 0 Å². The number of hydrogen-bond acceptors (Lipinski definition) is 1. The van der Waals surface area contributed by atoms with Gasteiger partial charge >= 0.3 is 0 Å². The summed E-state index contributed by atoms with van der Waals surface area (Å²) < 4.78 is 29.0. The molecule has 0 aliphatic heterocycles. The normalized spacial score (nSPS) is 17.3. The van der Waals surface area contributed by atoms with Crippen LogP contribution in [0.4, 0.5) is 8.78 Å². The molecule has 0 aliphatic carbocycles. The fraction of sp³-hybridized carbons (Fsp3) is 1.00. The summed E-state index contributed by atoms with van der Waals surface area (Å²) in [5.41, 5.74) is -1.76. The molecule has 0 aromatic rings. The van der Waals surface area contributed by atoms with Crippen molar-refractivity contribution in [3.05, 3.63) is 0 Å². The molecule has 1 unspecified atom stereocenters. The van der Waals surface area contributed by atoms with Crippen LogP contribution >= 0.6 is 0 Å². The Balaban J connectivity index is 3.62. The smallest absolute Gasteiger partial charge is 0.162 e. The second kappa shape index (κ2) is 3.77. The molecule has 0 rings (SSSR count). The summed E-state index contributed by atoms with van der Waals surface area (Å²) in [5, 5.41) is 0. The molecule has 0 aliphatic rings. The highest BCUT2D eigenvalue weighted by atomic mass is 19.2. The maximum absolute atomic E-state index is 12.8. The van der Waals surface area contributed by atoms with Crippen molar-refractivity contribution in [2.24, 2.45) is 0 Å². The van der Waals surface area contributed by atoms with Crippen LogP contribution in [0.2, 0.25) is 0 Å². The van der Waals surface area contributed by atoms with E-state index in [0.29, 0.717) is 0 Å². The quantitative estimate of drug-likeness (QED) is 0.574. The van der Waals surface area contributed by atoms with Crippen molar-refractivity contribution in [1.82, 2.24) is 0 Å². The predicted octanol–water partition coefficient (Wildman–Crippen LogP) is 1.72.